The summed E-state index contributed by atoms with van der Waals surface area (Å²) in [5, 5.41) is 10.3. The summed E-state index contributed by atoms with van der Waals surface area (Å²) in [6, 6.07) is 11.1. The Labute approximate surface area is 133 Å². The van der Waals surface area contributed by atoms with Gasteiger partial charge in [-0.1, -0.05) is 43.1 Å². The van der Waals surface area contributed by atoms with Gasteiger partial charge in [0.05, 0.1) is 12.0 Å². The predicted molar refractivity (Wildman–Crippen MR) is 88.2 cm³/mol. The number of nitrogens with zero attached hydrogens (tertiary/aromatic N) is 2. The summed E-state index contributed by atoms with van der Waals surface area (Å²) in [4.78, 5) is 2.36. The molecule has 1 saturated carbocycles. The van der Waals surface area contributed by atoms with E-state index in [2.05, 4.69) is 37.9 Å². The number of rotatable bonds is 4. The second kappa shape index (κ2) is 7.29. The summed E-state index contributed by atoms with van der Waals surface area (Å²) in [5.74, 6) is 0.892. The summed E-state index contributed by atoms with van der Waals surface area (Å²) in [7, 11) is 2.14. The fourth-order valence-electron chi connectivity index (χ4n) is 3.52. The second-order valence-corrected chi connectivity index (χ2v) is 6.66. The third-order valence-electron chi connectivity index (χ3n) is 5.16. The van der Waals surface area contributed by atoms with Crippen LogP contribution in [-0.2, 0) is 0 Å². The van der Waals surface area contributed by atoms with Crippen molar-refractivity contribution in [3.8, 4) is 6.07 Å². The lowest BCUT2D eigenvalue weighted by molar-refractivity contribution is 0.0921. The summed E-state index contributed by atoms with van der Waals surface area (Å²) < 4.78 is 0. The number of hydrogen-bond acceptors (Lipinski definition) is 2. The zero-order chi connectivity index (χ0) is 15.4. The highest BCUT2D eigenvalue weighted by Gasteiger charge is 2.34. The molecule has 4 atom stereocenters. The lowest BCUT2D eigenvalue weighted by Gasteiger charge is -2.41. The lowest BCUT2D eigenvalue weighted by Crippen LogP contribution is -2.43. The zero-order valence-electron chi connectivity index (χ0n) is 13.2. The molecule has 21 heavy (non-hydrogen) atoms. The van der Waals surface area contributed by atoms with Crippen molar-refractivity contribution < 1.29 is 0 Å². The van der Waals surface area contributed by atoms with Crippen molar-refractivity contribution in [1.29, 1.82) is 5.26 Å². The minimum atomic E-state index is 0.141. The van der Waals surface area contributed by atoms with Crippen LogP contribution in [0.15, 0.2) is 24.3 Å². The van der Waals surface area contributed by atoms with E-state index in [9.17, 15) is 5.26 Å². The van der Waals surface area contributed by atoms with Crippen LogP contribution in [0.5, 0.6) is 0 Å². The Bertz CT molecular complexity index is 508. The van der Waals surface area contributed by atoms with Gasteiger partial charge in [-0.05, 0) is 50.8 Å². The van der Waals surface area contributed by atoms with Gasteiger partial charge in [0.15, 0.2) is 0 Å². The Hall–Kier alpha value is -1.04. The van der Waals surface area contributed by atoms with Crippen molar-refractivity contribution in [3.05, 3.63) is 34.9 Å². The lowest BCUT2D eigenvalue weighted by atomic mass is 9.77. The molecule has 0 bridgehead atoms. The molecule has 2 rings (SSSR count). The van der Waals surface area contributed by atoms with Crippen LogP contribution >= 0.6 is 11.6 Å². The summed E-state index contributed by atoms with van der Waals surface area (Å²) >= 11 is 6.34. The van der Waals surface area contributed by atoms with Gasteiger partial charge < -0.3 is 0 Å². The van der Waals surface area contributed by atoms with E-state index in [1.807, 2.05) is 18.2 Å². The van der Waals surface area contributed by atoms with E-state index in [4.69, 9.17) is 11.6 Å². The van der Waals surface area contributed by atoms with Crippen LogP contribution in [0.1, 0.15) is 51.1 Å². The maximum atomic E-state index is 9.47. The van der Waals surface area contributed by atoms with Crippen LogP contribution in [0.4, 0.5) is 0 Å². The average molecular weight is 305 g/mol. The van der Waals surface area contributed by atoms with E-state index in [0.717, 1.165) is 29.3 Å². The molecule has 0 N–H and O–H groups in total. The second-order valence-electron chi connectivity index (χ2n) is 6.25. The van der Waals surface area contributed by atoms with Gasteiger partial charge in [-0.2, -0.15) is 5.26 Å². The Morgan fingerprint density at radius 1 is 1.38 bits per heavy atom. The van der Waals surface area contributed by atoms with Crippen molar-refractivity contribution in [2.75, 3.05) is 7.05 Å². The molecule has 3 heteroatoms. The van der Waals surface area contributed by atoms with Crippen molar-refractivity contribution in [3.63, 3.8) is 0 Å². The summed E-state index contributed by atoms with van der Waals surface area (Å²) in [6.07, 6.45) is 4.56. The quantitative estimate of drug-likeness (QED) is 0.778. The molecular formula is C18H25ClN2. The van der Waals surface area contributed by atoms with Gasteiger partial charge in [0.25, 0.3) is 0 Å². The van der Waals surface area contributed by atoms with Crippen LogP contribution in [0.3, 0.4) is 0 Å². The molecule has 0 radical (unpaired) electrons. The van der Waals surface area contributed by atoms with Crippen molar-refractivity contribution in [2.45, 2.75) is 51.6 Å². The van der Waals surface area contributed by atoms with Crippen molar-refractivity contribution in [1.82, 2.24) is 4.90 Å². The van der Waals surface area contributed by atoms with Gasteiger partial charge in [-0.25, -0.2) is 0 Å². The third kappa shape index (κ3) is 3.59. The molecule has 4 unspecified atom stereocenters. The molecule has 1 aromatic rings. The molecule has 2 nitrogen and oxygen atoms in total. The van der Waals surface area contributed by atoms with Crippen LogP contribution in [0.25, 0.3) is 0 Å². The monoisotopic (exact) mass is 304 g/mol. The molecule has 0 saturated heterocycles. The van der Waals surface area contributed by atoms with E-state index in [0.29, 0.717) is 6.04 Å². The fraction of sp³-hybridized carbons (Fsp3) is 0.611. The Morgan fingerprint density at radius 3 is 2.71 bits per heavy atom. The topological polar surface area (TPSA) is 27.0 Å². The molecule has 0 aliphatic heterocycles. The summed E-state index contributed by atoms with van der Waals surface area (Å²) in [5.41, 5.74) is 1.15. The smallest absolute Gasteiger partial charge is 0.0672 e. The predicted octanol–water partition coefficient (Wildman–Crippen LogP) is 5.05. The van der Waals surface area contributed by atoms with Crippen LogP contribution in [-0.4, -0.2) is 18.0 Å². The molecule has 0 aromatic heterocycles. The molecule has 1 fully saturated rings. The highest BCUT2D eigenvalue weighted by atomic mass is 35.5. The van der Waals surface area contributed by atoms with Crippen LogP contribution in [0, 0.1) is 23.2 Å². The van der Waals surface area contributed by atoms with Gasteiger partial charge in [0.1, 0.15) is 0 Å². The van der Waals surface area contributed by atoms with Crippen molar-refractivity contribution >= 4 is 11.6 Å². The van der Waals surface area contributed by atoms with Gasteiger partial charge in [0, 0.05) is 17.1 Å². The Balaban J connectivity index is 2.18. The first-order valence-corrected chi connectivity index (χ1v) is 8.32. The van der Waals surface area contributed by atoms with E-state index in [1.165, 1.54) is 12.8 Å². The van der Waals surface area contributed by atoms with Gasteiger partial charge in [-0.3, -0.25) is 4.90 Å². The van der Waals surface area contributed by atoms with Gasteiger partial charge >= 0.3 is 0 Å². The first-order valence-electron chi connectivity index (χ1n) is 7.94. The minimum absolute atomic E-state index is 0.141. The van der Waals surface area contributed by atoms with E-state index < -0.39 is 0 Å². The molecule has 1 aromatic carbocycles. The molecule has 114 valence electrons. The Morgan fingerprint density at radius 2 is 2.10 bits per heavy atom. The SMILES string of the molecule is CCC1CCC(C#N)C(N(C)C(C)c2ccccc2Cl)C1. The van der Waals surface area contributed by atoms with E-state index in [1.54, 1.807) is 0 Å². The van der Waals surface area contributed by atoms with E-state index >= 15 is 0 Å². The van der Waals surface area contributed by atoms with Gasteiger partial charge in [-0.15, -0.1) is 0 Å². The van der Waals surface area contributed by atoms with Crippen molar-refractivity contribution in [2.24, 2.45) is 11.8 Å². The largest absolute Gasteiger partial charge is 0.295 e. The molecule has 1 aliphatic rings. The maximum absolute atomic E-state index is 9.47. The van der Waals surface area contributed by atoms with Gasteiger partial charge in [0.2, 0.25) is 0 Å². The molecule has 1 aliphatic carbocycles. The number of hydrogen-bond donors (Lipinski definition) is 0. The zero-order valence-corrected chi connectivity index (χ0v) is 14.0. The highest BCUT2D eigenvalue weighted by Crippen LogP contribution is 2.37. The minimum Gasteiger partial charge on any atom is -0.295 e. The normalized spacial score (nSPS) is 27.3. The Kier molecular flexibility index (Phi) is 5.67. The summed E-state index contributed by atoms with van der Waals surface area (Å²) in [6.45, 7) is 4.44. The highest BCUT2D eigenvalue weighted by molar-refractivity contribution is 6.31. The maximum Gasteiger partial charge on any atom is 0.0672 e. The van der Waals surface area contributed by atoms with Crippen LogP contribution in [0.2, 0.25) is 5.02 Å². The number of halogens is 1. The first kappa shape index (κ1) is 16.3. The number of benzene rings is 1. The molecule has 0 heterocycles. The van der Waals surface area contributed by atoms with E-state index in [-0.39, 0.29) is 12.0 Å². The average Bonchev–Trinajstić information content (AvgIpc) is 2.53. The third-order valence-corrected chi connectivity index (χ3v) is 5.50. The fourth-order valence-corrected chi connectivity index (χ4v) is 3.82. The number of nitriles is 1. The first-order chi connectivity index (χ1) is 10.1. The molecular weight excluding hydrogens is 280 g/mol. The van der Waals surface area contributed by atoms with Crippen LogP contribution < -0.4 is 0 Å². The molecule has 0 amide bonds. The standard InChI is InChI=1S/C18H25ClN2/c1-4-14-9-10-15(12-20)18(11-14)21(3)13(2)16-7-5-6-8-17(16)19/h5-8,13-15,18H,4,9-11H2,1-3H3. The molecule has 0 spiro atoms.